The number of carbonyl (C=O) groups excluding carboxylic acids is 2. The van der Waals surface area contributed by atoms with E-state index >= 15 is 0 Å². The fourth-order valence-electron chi connectivity index (χ4n) is 2.26. The molecule has 1 aliphatic rings. The first-order valence-electron chi connectivity index (χ1n) is 5.87. The molecule has 0 radical (unpaired) electrons. The van der Waals surface area contributed by atoms with Crippen LogP contribution in [-0.4, -0.2) is 19.0 Å². The molecule has 1 aromatic rings. The second kappa shape index (κ2) is 5.45. The van der Waals surface area contributed by atoms with E-state index in [1.54, 1.807) is 19.1 Å². The van der Waals surface area contributed by atoms with Crippen LogP contribution < -0.4 is 5.32 Å². The van der Waals surface area contributed by atoms with Crippen molar-refractivity contribution in [2.75, 3.05) is 7.11 Å². The summed E-state index contributed by atoms with van der Waals surface area (Å²) in [6, 6.07) is 7.13. The van der Waals surface area contributed by atoms with E-state index in [9.17, 15) is 9.59 Å². The maximum Gasteiger partial charge on any atom is 0.336 e. The molecule has 0 fully saturated rings. The third kappa shape index (κ3) is 2.79. The predicted octanol–water partition coefficient (Wildman–Crippen LogP) is 2.39. The molecule has 0 unspecified atom stereocenters. The molecule has 0 spiro atoms. The molecule has 0 bridgehead atoms. The van der Waals surface area contributed by atoms with Gasteiger partial charge in [0.05, 0.1) is 12.7 Å². The maximum atomic E-state index is 11.9. The maximum absolute atomic E-state index is 11.9. The second-order valence-corrected chi connectivity index (χ2v) is 4.82. The van der Waals surface area contributed by atoms with Gasteiger partial charge < -0.3 is 10.1 Å². The number of hydrogen-bond donors (Lipinski definition) is 1. The first-order valence-corrected chi connectivity index (χ1v) is 6.25. The number of nitrogens with one attached hydrogen (secondary N) is 1. The molecule has 4 nitrogen and oxygen atoms in total. The minimum Gasteiger partial charge on any atom is -0.466 e. The van der Waals surface area contributed by atoms with Gasteiger partial charge in [-0.3, -0.25) is 4.79 Å². The van der Waals surface area contributed by atoms with Gasteiger partial charge in [0.25, 0.3) is 0 Å². The molecule has 1 N–H and O–H groups in total. The van der Waals surface area contributed by atoms with Gasteiger partial charge in [-0.15, -0.1) is 0 Å². The number of carbonyl (C=O) groups is 2. The van der Waals surface area contributed by atoms with Crippen LogP contribution in [0.3, 0.4) is 0 Å². The Hall–Kier alpha value is -1.81. The monoisotopic (exact) mass is 279 g/mol. The molecule has 1 aliphatic heterocycles. The summed E-state index contributed by atoms with van der Waals surface area (Å²) in [5, 5.41) is 3.28. The van der Waals surface area contributed by atoms with Gasteiger partial charge in [-0.2, -0.15) is 0 Å². The van der Waals surface area contributed by atoms with Crippen molar-refractivity contribution in [1.29, 1.82) is 0 Å². The Labute approximate surface area is 116 Å². The van der Waals surface area contributed by atoms with Crippen molar-refractivity contribution in [3.63, 3.8) is 0 Å². The number of esters is 1. The van der Waals surface area contributed by atoms with Gasteiger partial charge in [-0.25, -0.2) is 4.79 Å². The zero-order valence-corrected chi connectivity index (χ0v) is 11.5. The third-order valence-electron chi connectivity index (χ3n) is 3.15. The van der Waals surface area contributed by atoms with Crippen molar-refractivity contribution >= 4 is 23.5 Å². The van der Waals surface area contributed by atoms with Crippen LogP contribution in [0.25, 0.3) is 0 Å². The number of benzene rings is 1. The molecule has 100 valence electrons. The minimum absolute atomic E-state index is 0.106. The Morgan fingerprint density at radius 1 is 1.37 bits per heavy atom. The molecule has 1 heterocycles. The van der Waals surface area contributed by atoms with E-state index in [2.05, 4.69) is 5.32 Å². The lowest BCUT2D eigenvalue weighted by Crippen LogP contribution is -2.33. The summed E-state index contributed by atoms with van der Waals surface area (Å²) >= 11 is 5.85. The van der Waals surface area contributed by atoms with Gasteiger partial charge in [-0.1, -0.05) is 23.7 Å². The van der Waals surface area contributed by atoms with Crippen LogP contribution in [0.2, 0.25) is 5.02 Å². The third-order valence-corrected chi connectivity index (χ3v) is 3.40. The van der Waals surface area contributed by atoms with Crippen molar-refractivity contribution in [3.8, 4) is 0 Å². The van der Waals surface area contributed by atoms with E-state index in [0.717, 1.165) is 5.56 Å². The number of amides is 1. The largest absolute Gasteiger partial charge is 0.466 e. The first-order chi connectivity index (χ1) is 9.02. The average molecular weight is 280 g/mol. The SMILES string of the molecule is COC(=O)C1=C(C)NC(=O)C[C@H]1c1ccc(Cl)cc1. The summed E-state index contributed by atoms with van der Waals surface area (Å²) < 4.78 is 4.80. The van der Waals surface area contributed by atoms with Crippen molar-refractivity contribution in [2.45, 2.75) is 19.3 Å². The Morgan fingerprint density at radius 2 is 2.00 bits per heavy atom. The van der Waals surface area contributed by atoms with Gasteiger partial charge in [0.2, 0.25) is 5.91 Å². The van der Waals surface area contributed by atoms with Crippen LogP contribution in [0.5, 0.6) is 0 Å². The zero-order valence-electron chi connectivity index (χ0n) is 10.7. The number of ether oxygens (including phenoxy) is 1. The van der Waals surface area contributed by atoms with Crippen molar-refractivity contribution in [2.24, 2.45) is 0 Å². The topological polar surface area (TPSA) is 55.4 Å². The van der Waals surface area contributed by atoms with Crippen LogP contribution in [0, 0.1) is 0 Å². The minimum atomic E-state index is -0.419. The molecule has 1 aromatic carbocycles. The van der Waals surface area contributed by atoms with E-state index in [0.29, 0.717) is 16.3 Å². The van der Waals surface area contributed by atoms with Crippen LogP contribution in [0.4, 0.5) is 0 Å². The highest BCUT2D eigenvalue weighted by molar-refractivity contribution is 6.30. The lowest BCUT2D eigenvalue weighted by molar-refractivity contribution is -0.136. The molecular formula is C14H14ClNO3. The van der Waals surface area contributed by atoms with Crippen LogP contribution in [0.1, 0.15) is 24.8 Å². The molecule has 2 rings (SSSR count). The lowest BCUT2D eigenvalue weighted by atomic mass is 9.84. The predicted molar refractivity (Wildman–Crippen MR) is 71.7 cm³/mol. The Bertz CT molecular complexity index is 548. The highest BCUT2D eigenvalue weighted by Crippen LogP contribution is 2.33. The fraction of sp³-hybridized carbons (Fsp3) is 0.286. The molecule has 0 saturated heterocycles. The number of methoxy groups -OCH3 is 1. The molecule has 1 amide bonds. The normalized spacial score (nSPS) is 19.1. The highest BCUT2D eigenvalue weighted by Gasteiger charge is 2.32. The lowest BCUT2D eigenvalue weighted by Gasteiger charge is -2.26. The quantitative estimate of drug-likeness (QED) is 0.846. The molecule has 0 aliphatic carbocycles. The van der Waals surface area contributed by atoms with Gasteiger partial charge in [0, 0.05) is 23.1 Å². The number of hydrogen-bond acceptors (Lipinski definition) is 3. The van der Waals surface area contributed by atoms with Crippen LogP contribution in [-0.2, 0) is 14.3 Å². The molecule has 1 atom stereocenters. The smallest absolute Gasteiger partial charge is 0.336 e. The summed E-state index contributed by atoms with van der Waals surface area (Å²) in [7, 11) is 1.33. The summed E-state index contributed by atoms with van der Waals surface area (Å²) in [5.74, 6) is -0.819. The highest BCUT2D eigenvalue weighted by atomic mass is 35.5. The second-order valence-electron chi connectivity index (χ2n) is 4.39. The number of halogens is 1. The van der Waals surface area contributed by atoms with E-state index in [1.807, 2.05) is 12.1 Å². The van der Waals surface area contributed by atoms with Crippen molar-refractivity contribution in [3.05, 3.63) is 46.1 Å². The summed E-state index contributed by atoms with van der Waals surface area (Å²) in [5.41, 5.74) is 1.91. The first kappa shape index (κ1) is 13.6. The molecular weight excluding hydrogens is 266 g/mol. The molecule has 0 aromatic heterocycles. The van der Waals surface area contributed by atoms with E-state index in [-0.39, 0.29) is 18.2 Å². The van der Waals surface area contributed by atoms with Crippen molar-refractivity contribution in [1.82, 2.24) is 5.32 Å². The number of rotatable bonds is 2. The summed E-state index contributed by atoms with van der Waals surface area (Å²) in [6.07, 6.45) is 0.226. The Balaban J connectivity index is 2.46. The van der Waals surface area contributed by atoms with E-state index in [4.69, 9.17) is 16.3 Å². The van der Waals surface area contributed by atoms with Crippen LogP contribution in [0.15, 0.2) is 35.5 Å². The summed E-state index contributed by atoms with van der Waals surface area (Å²) in [4.78, 5) is 23.5. The van der Waals surface area contributed by atoms with Crippen molar-refractivity contribution < 1.29 is 14.3 Å². The van der Waals surface area contributed by atoms with E-state index in [1.165, 1.54) is 7.11 Å². The van der Waals surface area contributed by atoms with Gasteiger partial charge in [-0.05, 0) is 24.6 Å². The van der Waals surface area contributed by atoms with Gasteiger partial charge >= 0.3 is 5.97 Å². The molecule has 19 heavy (non-hydrogen) atoms. The fourth-order valence-corrected chi connectivity index (χ4v) is 2.39. The zero-order chi connectivity index (χ0) is 14.0. The average Bonchev–Trinajstić information content (AvgIpc) is 2.38. The molecule has 5 heteroatoms. The molecule has 0 saturated carbocycles. The van der Waals surface area contributed by atoms with Crippen LogP contribution >= 0.6 is 11.6 Å². The standard InChI is InChI=1S/C14H14ClNO3/c1-8-13(14(18)19-2)11(7-12(17)16-8)9-3-5-10(15)6-4-9/h3-6,11H,7H2,1-2H3,(H,16,17)/t11-/m0/s1. The van der Waals surface area contributed by atoms with E-state index < -0.39 is 5.97 Å². The van der Waals surface area contributed by atoms with Gasteiger partial charge in [0.15, 0.2) is 0 Å². The number of allylic oxidation sites excluding steroid dienone is 1. The Morgan fingerprint density at radius 3 is 2.58 bits per heavy atom. The summed E-state index contributed by atoms with van der Waals surface area (Å²) in [6.45, 7) is 1.70. The van der Waals surface area contributed by atoms with Gasteiger partial charge in [0.1, 0.15) is 0 Å². The Kier molecular flexibility index (Phi) is 3.90.